The van der Waals surface area contributed by atoms with Crippen LogP contribution >= 0.6 is 0 Å². The van der Waals surface area contributed by atoms with Crippen LogP contribution in [0.1, 0.15) is 24.9 Å². The smallest absolute Gasteiger partial charge is 0.227 e. The number of aromatic nitrogens is 2. The van der Waals surface area contributed by atoms with Crippen LogP contribution in [0.5, 0.6) is 0 Å². The Morgan fingerprint density at radius 3 is 2.66 bits per heavy atom. The molecule has 2 amide bonds. The maximum Gasteiger partial charge on any atom is 0.227 e. The number of rotatable bonds is 5. The highest BCUT2D eigenvalue weighted by atomic mass is 19.1. The van der Waals surface area contributed by atoms with Gasteiger partial charge in [-0.15, -0.1) is 0 Å². The van der Waals surface area contributed by atoms with Crippen molar-refractivity contribution in [2.75, 3.05) is 11.4 Å². The van der Waals surface area contributed by atoms with E-state index in [-0.39, 0.29) is 36.5 Å². The molecular formula is C22H21FN4O2. The first-order valence-corrected chi connectivity index (χ1v) is 9.46. The van der Waals surface area contributed by atoms with Crippen LogP contribution in [-0.4, -0.2) is 27.9 Å². The average molecular weight is 392 g/mol. The maximum absolute atomic E-state index is 14.0. The van der Waals surface area contributed by atoms with Crippen LogP contribution in [0.15, 0.2) is 67.3 Å². The van der Waals surface area contributed by atoms with Gasteiger partial charge in [0, 0.05) is 31.0 Å². The van der Waals surface area contributed by atoms with Crippen molar-refractivity contribution in [1.82, 2.24) is 14.9 Å². The molecule has 3 aromatic rings. The van der Waals surface area contributed by atoms with Crippen molar-refractivity contribution in [1.29, 1.82) is 0 Å². The lowest BCUT2D eigenvalue weighted by molar-refractivity contribution is -0.126. The average Bonchev–Trinajstić information content (AvgIpc) is 3.39. The van der Waals surface area contributed by atoms with Gasteiger partial charge in [0.1, 0.15) is 5.82 Å². The van der Waals surface area contributed by atoms with Gasteiger partial charge >= 0.3 is 0 Å². The van der Waals surface area contributed by atoms with Crippen LogP contribution in [-0.2, 0) is 9.59 Å². The first kappa shape index (κ1) is 18.9. The molecule has 2 aromatic carbocycles. The van der Waals surface area contributed by atoms with Gasteiger partial charge in [0.25, 0.3) is 0 Å². The van der Waals surface area contributed by atoms with Gasteiger partial charge in [0.15, 0.2) is 0 Å². The van der Waals surface area contributed by atoms with Crippen molar-refractivity contribution in [3.05, 3.63) is 78.6 Å². The molecule has 1 N–H and O–H groups in total. The van der Waals surface area contributed by atoms with Gasteiger partial charge in [0.05, 0.1) is 24.0 Å². The van der Waals surface area contributed by atoms with E-state index < -0.39 is 11.7 Å². The highest BCUT2D eigenvalue weighted by molar-refractivity contribution is 6.00. The number of para-hydroxylation sites is 1. The number of halogens is 1. The number of nitrogens with zero attached hydrogens (tertiary/aromatic N) is 3. The molecule has 148 valence electrons. The van der Waals surface area contributed by atoms with Crippen LogP contribution in [0.2, 0.25) is 0 Å². The van der Waals surface area contributed by atoms with E-state index in [1.54, 1.807) is 30.7 Å². The third-order valence-electron chi connectivity index (χ3n) is 5.19. The number of hydrogen-bond donors (Lipinski definition) is 1. The summed E-state index contributed by atoms with van der Waals surface area (Å²) in [5.41, 5.74) is 2.15. The molecule has 6 nitrogen and oxygen atoms in total. The number of hydrogen-bond acceptors (Lipinski definition) is 3. The van der Waals surface area contributed by atoms with E-state index >= 15 is 0 Å². The minimum atomic E-state index is -0.505. The summed E-state index contributed by atoms with van der Waals surface area (Å²) in [4.78, 5) is 30.4. The van der Waals surface area contributed by atoms with E-state index in [0.717, 1.165) is 11.3 Å². The Hall–Kier alpha value is -3.48. The number of carbonyl (C=O) groups excluding carboxylic acids is 2. The molecule has 0 aliphatic carbocycles. The first-order chi connectivity index (χ1) is 14.0. The number of imidazole rings is 1. The fraction of sp³-hybridized carbons (Fsp3) is 0.227. The zero-order valence-corrected chi connectivity index (χ0v) is 16.0. The van der Waals surface area contributed by atoms with Crippen molar-refractivity contribution in [3.8, 4) is 5.69 Å². The molecule has 0 bridgehead atoms. The largest absolute Gasteiger partial charge is 0.349 e. The molecular weight excluding hydrogens is 371 g/mol. The third-order valence-corrected chi connectivity index (χ3v) is 5.19. The minimum absolute atomic E-state index is 0.0758. The molecule has 29 heavy (non-hydrogen) atoms. The SMILES string of the molecule is CC(NC(=O)C1CC(=O)N(c2ccccc2F)C1)c1ccc(-n2ccnc2)cc1. The molecule has 0 spiro atoms. The summed E-state index contributed by atoms with van der Waals surface area (Å²) in [6.45, 7) is 2.08. The van der Waals surface area contributed by atoms with Crippen molar-refractivity contribution in [3.63, 3.8) is 0 Å². The molecule has 7 heteroatoms. The summed E-state index contributed by atoms with van der Waals surface area (Å²) in [6.07, 6.45) is 5.37. The van der Waals surface area contributed by atoms with Gasteiger partial charge in [-0.1, -0.05) is 24.3 Å². The van der Waals surface area contributed by atoms with Gasteiger partial charge in [-0.2, -0.15) is 0 Å². The number of anilines is 1. The summed E-state index contributed by atoms with van der Waals surface area (Å²) >= 11 is 0. The second-order valence-electron chi connectivity index (χ2n) is 7.15. The molecule has 2 atom stereocenters. The Labute approximate surface area is 168 Å². The highest BCUT2D eigenvalue weighted by Gasteiger charge is 2.36. The van der Waals surface area contributed by atoms with E-state index in [9.17, 15) is 14.0 Å². The summed E-state index contributed by atoms with van der Waals surface area (Å²) in [6, 6.07) is 13.7. The molecule has 1 aliphatic rings. The van der Waals surface area contributed by atoms with Crippen LogP contribution in [0.25, 0.3) is 5.69 Å². The molecule has 1 fully saturated rings. The summed E-state index contributed by atoms with van der Waals surface area (Å²) in [5.74, 6) is -1.42. The number of amides is 2. The van der Waals surface area contributed by atoms with Crippen LogP contribution < -0.4 is 10.2 Å². The van der Waals surface area contributed by atoms with Crippen molar-refractivity contribution < 1.29 is 14.0 Å². The quantitative estimate of drug-likeness (QED) is 0.725. The van der Waals surface area contributed by atoms with Gasteiger partial charge in [-0.25, -0.2) is 9.37 Å². The first-order valence-electron chi connectivity index (χ1n) is 9.46. The molecule has 0 saturated carbocycles. The second-order valence-corrected chi connectivity index (χ2v) is 7.15. The number of carbonyl (C=O) groups is 2. The van der Waals surface area contributed by atoms with E-state index in [1.807, 2.05) is 42.0 Å². The molecule has 1 aliphatic heterocycles. The fourth-order valence-electron chi connectivity index (χ4n) is 3.55. The molecule has 1 saturated heterocycles. The van der Waals surface area contributed by atoms with Crippen molar-refractivity contribution >= 4 is 17.5 Å². The van der Waals surface area contributed by atoms with E-state index in [1.165, 1.54) is 11.0 Å². The summed E-state index contributed by atoms with van der Waals surface area (Å²) in [5, 5.41) is 2.97. The molecule has 2 heterocycles. The van der Waals surface area contributed by atoms with Crippen molar-refractivity contribution in [2.24, 2.45) is 5.92 Å². The van der Waals surface area contributed by atoms with E-state index in [0.29, 0.717) is 0 Å². The topological polar surface area (TPSA) is 67.2 Å². The van der Waals surface area contributed by atoms with Gasteiger partial charge in [-0.05, 0) is 36.8 Å². The Kier molecular flexibility index (Phi) is 5.12. The highest BCUT2D eigenvalue weighted by Crippen LogP contribution is 2.28. The maximum atomic E-state index is 14.0. The Morgan fingerprint density at radius 2 is 1.97 bits per heavy atom. The molecule has 4 rings (SSSR count). The van der Waals surface area contributed by atoms with Crippen LogP contribution in [0.4, 0.5) is 10.1 Å². The second kappa shape index (κ2) is 7.87. The fourth-order valence-corrected chi connectivity index (χ4v) is 3.55. The van der Waals surface area contributed by atoms with Gasteiger partial charge in [0.2, 0.25) is 11.8 Å². The standard InChI is InChI=1S/C22H21FN4O2/c1-15(16-6-8-18(9-7-16)26-11-10-24-14-26)25-22(29)17-12-21(28)27(13-17)20-5-3-2-4-19(20)23/h2-11,14-15,17H,12-13H2,1H3,(H,25,29). The predicted molar refractivity (Wildman–Crippen MR) is 107 cm³/mol. The Bertz CT molecular complexity index is 1020. The Balaban J connectivity index is 1.40. The zero-order chi connectivity index (χ0) is 20.4. The summed E-state index contributed by atoms with van der Waals surface area (Å²) in [7, 11) is 0. The monoisotopic (exact) mass is 392 g/mol. The number of nitrogens with one attached hydrogen (secondary N) is 1. The van der Waals surface area contributed by atoms with Gasteiger partial charge in [-0.3, -0.25) is 9.59 Å². The van der Waals surface area contributed by atoms with Crippen LogP contribution in [0, 0.1) is 11.7 Å². The minimum Gasteiger partial charge on any atom is -0.349 e. The van der Waals surface area contributed by atoms with E-state index in [2.05, 4.69) is 10.3 Å². The lowest BCUT2D eigenvalue weighted by atomic mass is 10.0. The molecule has 0 radical (unpaired) electrons. The molecule has 2 unspecified atom stereocenters. The van der Waals surface area contributed by atoms with Crippen LogP contribution in [0.3, 0.4) is 0 Å². The zero-order valence-electron chi connectivity index (χ0n) is 16.0. The Morgan fingerprint density at radius 1 is 1.21 bits per heavy atom. The van der Waals surface area contributed by atoms with Crippen molar-refractivity contribution in [2.45, 2.75) is 19.4 Å². The molecule has 1 aromatic heterocycles. The number of benzene rings is 2. The lowest BCUT2D eigenvalue weighted by Gasteiger charge is -2.19. The normalized spacial score (nSPS) is 17.4. The predicted octanol–water partition coefficient (Wildman–Crippen LogP) is 3.24. The van der Waals surface area contributed by atoms with Gasteiger partial charge < -0.3 is 14.8 Å². The lowest BCUT2D eigenvalue weighted by Crippen LogP contribution is -2.34. The van der Waals surface area contributed by atoms with E-state index in [4.69, 9.17) is 0 Å². The summed E-state index contributed by atoms with van der Waals surface area (Å²) < 4.78 is 15.9. The third kappa shape index (κ3) is 3.89.